The molecule has 0 unspecified atom stereocenters. The van der Waals surface area contributed by atoms with Gasteiger partial charge in [0.1, 0.15) is 5.82 Å². The van der Waals surface area contributed by atoms with Crippen molar-refractivity contribution >= 4 is 0 Å². The summed E-state index contributed by atoms with van der Waals surface area (Å²) in [5.74, 6) is 0.257. The molecule has 0 aromatic heterocycles. The first kappa shape index (κ1) is 8.70. The first-order valence-corrected chi connectivity index (χ1v) is 4.75. The fourth-order valence-corrected chi connectivity index (χ4v) is 1.83. The van der Waals surface area contributed by atoms with Gasteiger partial charge in [-0.1, -0.05) is 12.1 Å². The van der Waals surface area contributed by atoms with E-state index in [1.165, 1.54) is 6.07 Å². The van der Waals surface area contributed by atoms with Gasteiger partial charge in [0.15, 0.2) is 0 Å². The molecule has 1 heterocycles. The average molecular weight is 178 g/mol. The summed E-state index contributed by atoms with van der Waals surface area (Å²) in [6, 6.07) is 7.97. The molecule has 0 bridgehead atoms. The molecule has 0 amide bonds. The molecule has 1 saturated heterocycles. The molecule has 1 aromatic rings. The summed E-state index contributed by atoms with van der Waals surface area (Å²) < 4.78 is 12.9. The zero-order chi connectivity index (χ0) is 9.10. The van der Waals surface area contributed by atoms with E-state index in [9.17, 15) is 4.39 Å². The van der Waals surface area contributed by atoms with E-state index in [4.69, 9.17) is 0 Å². The highest BCUT2D eigenvalue weighted by Gasteiger charge is 2.15. The van der Waals surface area contributed by atoms with Gasteiger partial charge in [0.2, 0.25) is 0 Å². The molecule has 1 nitrogen and oxygen atoms in total. The third kappa shape index (κ3) is 2.07. The second-order valence-corrected chi connectivity index (χ2v) is 3.48. The van der Waals surface area contributed by atoms with Crippen molar-refractivity contribution in [3.05, 3.63) is 35.6 Å². The van der Waals surface area contributed by atoms with Crippen LogP contribution in [-0.2, 0) is 0 Å². The Morgan fingerprint density at radius 2 is 2.08 bits per heavy atom. The predicted octanol–water partition coefficient (Wildman–Crippen LogP) is 2.09. The largest absolute Gasteiger partial charge is 0.317 e. The molecule has 1 aliphatic rings. The van der Waals surface area contributed by atoms with E-state index in [1.807, 2.05) is 6.07 Å². The maximum absolute atomic E-state index is 12.9. The van der Waals surface area contributed by atoms with Crippen LogP contribution >= 0.6 is 0 Å². The van der Waals surface area contributed by atoms with Gasteiger partial charge in [0.05, 0.1) is 0 Å². The van der Waals surface area contributed by atoms with Crippen LogP contribution < -0.4 is 5.32 Å². The number of nitrogens with one attached hydrogen (secondary N) is 1. The minimum atomic E-state index is -0.240. The molecule has 2 rings (SSSR count). The van der Waals surface area contributed by atoms with Crippen molar-refractivity contribution in [2.45, 2.75) is 18.8 Å². The van der Waals surface area contributed by atoms with Gasteiger partial charge < -0.3 is 5.32 Å². The quantitative estimate of drug-likeness (QED) is 0.694. The minimum Gasteiger partial charge on any atom is -0.317 e. The Hall–Kier alpha value is -0.890. The van der Waals surface area contributed by atoms with Crippen molar-refractivity contribution in [2.75, 3.05) is 13.1 Å². The molecule has 13 heavy (non-hydrogen) atoms. The molecule has 1 radical (unpaired) electrons. The number of hydrogen-bond acceptors (Lipinski definition) is 1. The van der Waals surface area contributed by atoms with Crippen LogP contribution in [0.15, 0.2) is 18.2 Å². The van der Waals surface area contributed by atoms with Crippen LogP contribution in [0.3, 0.4) is 0 Å². The van der Waals surface area contributed by atoms with E-state index in [-0.39, 0.29) is 5.82 Å². The molecule has 0 aliphatic carbocycles. The zero-order valence-electron chi connectivity index (χ0n) is 7.52. The number of benzene rings is 1. The lowest BCUT2D eigenvalue weighted by molar-refractivity contribution is 0.458. The van der Waals surface area contributed by atoms with E-state index in [0.29, 0.717) is 5.92 Å². The van der Waals surface area contributed by atoms with Gasteiger partial charge in [-0.05, 0) is 43.5 Å². The standard InChI is InChI=1S/C11H13FN/c12-11-3-1-2-10(8-11)9-4-6-13-7-5-9/h1-3,9,13H,4-7H2. The highest BCUT2D eigenvalue weighted by Crippen LogP contribution is 2.24. The molecule has 1 N–H and O–H groups in total. The number of halogens is 1. The summed E-state index contributed by atoms with van der Waals surface area (Å²) in [6.45, 7) is 2.07. The number of hydrogen-bond donors (Lipinski definition) is 1. The second-order valence-electron chi connectivity index (χ2n) is 3.48. The fourth-order valence-electron chi connectivity index (χ4n) is 1.83. The number of piperidine rings is 1. The van der Waals surface area contributed by atoms with Crippen molar-refractivity contribution < 1.29 is 4.39 Å². The minimum absolute atomic E-state index is 0.240. The van der Waals surface area contributed by atoms with Crippen LogP contribution in [0, 0.1) is 11.9 Å². The molecule has 1 fully saturated rings. The Morgan fingerprint density at radius 3 is 2.77 bits per heavy atom. The smallest absolute Gasteiger partial charge is 0.131 e. The van der Waals surface area contributed by atoms with Gasteiger partial charge in [-0.3, -0.25) is 0 Å². The maximum atomic E-state index is 12.9. The summed E-state index contributed by atoms with van der Waals surface area (Å²) in [5, 5.41) is 3.29. The predicted molar refractivity (Wildman–Crippen MR) is 50.1 cm³/mol. The highest BCUT2D eigenvalue weighted by atomic mass is 19.1. The first-order valence-electron chi connectivity index (χ1n) is 4.75. The van der Waals surface area contributed by atoms with E-state index in [0.717, 1.165) is 31.5 Å². The van der Waals surface area contributed by atoms with Gasteiger partial charge >= 0.3 is 0 Å². The van der Waals surface area contributed by atoms with Crippen LogP contribution in [0.25, 0.3) is 0 Å². The SMILES string of the molecule is Fc1[c]c(C2CCNCC2)ccc1. The second kappa shape index (κ2) is 3.88. The molecule has 0 atom stereocenters. The van der Waals surface area contributed by atoms with Crippen LogP contribution in [0.2, 0.25) is 0 Å². The van der Waals surface area contributed by atoms with E-state index in [2.05, 4.69) is 11.4 Å². The van der Waals surface area contributed by atoms with Gasteiger partial charge in [-0.2, -0.15) is 0 Å². The van der Waals surface area contributed by atoms with Crippen LogP contribution in [0.5, 0.6) is 0 Å². The first-order chi connectivity index (χ1) is 6.36. The zero-order valence-corrected chi connectivity index (χ0v) is 7.52. The molecule has 2 heteroatoms. The summed E-state index contributed by atoms with van der Waals surface area (Å²) in [7, 11) is 0. The van der Waals surface area contributed by atoms with Crippen molar-refractivity contribution in [1.82, 2.24) is 5.32 Å². The van der Waals surface area contributed by atoms with Crippen molar-refractivity contribution in [3.63, 3.8) is 0 Å². The van der Waals surface area contributed by atoms with Gasteiger partial charge in [-0.25, -0.2) is 4.39 Å². The Morgan fingerprint density at radius 1 is 1.31 bits per heavy atom. The topological polar surface area (TPSA) is 12.0 Å². The van der Waals surface area contributed by atoms with E-state index < -0.39 is 0 Å². The van der Waals surface area contributed by atoms with Gasteiger partial charge in [0, 0.05) is 6.07 Å². The van der Waals surface area contributed by atoms with Crippen LogP contribution in [-0.4, -0.2) is 13.1 Å². The van der Waals surface area contributed by atoms with Crippen molar-refractivity contribution in [2.24, 2.45) is 0 Å². The molecular formula is C11H13FN. The lowest BCUT2D eigenvalue weighted by atomic mass is 9.90. The Balaban J connectivity index is 2.14. The summed E-state index contributed by atoms with van der Waals surface area (Å²) >= 11 is 0. The molecule has 0 saturated carbocycles. The lowest BCUT2D eigenvalue weighted by Gasteiger charge is -2.22. The molecular weight excluding hydrogens is 165 g/mol. The monoisotopic (exact) mass is 178 g/mol. The maximum Gasteiger partial charge on any atom is 0.131 e. The van der Waals surface area contributed by atoms with Crippen LogP contribution in [0.1, 0.15) is 24.3 Å². The molecule has 69 valence electrons. The molecule has 1 aliphatic heterocycles. The average Bonchev–Trinajstić information content (AvgIpc) is 2.19. The van der Waals surface area contributed by atoms with Gasteiger partial charge in [0.25, 0.3) is 0 Å². The van der Waals surface area contributed by atoms with Crippen molar-refractivity contribution in [1.29, 1.82) is 0 Å². The summed E-state index contributed by atoms with van der Waals surface area (Å²) in [5.41, 5.74) is 1.03. The number of rotatable bonds is 1. The Labute approximate surface area is 78.0 Å². The highest BCUT2D eigenvalue weighted by molar-refractivity contribution is 5.19. The summed E-state index contributed by atoms with van der Waals surface area (Å²) in [6.07, 6.45) is 2.19. The van der Waals surface area contributed by atoms with Gasteiger partial charge in [-0.15, -0.1) is 0 Å². The fraction of sp³-hybridized carbons (Fsp3) is 0.455. The Kier molecular flexibility index (Phi) is 2.60. The third-order valence-corrected chi connectivity index (χ3v) is 2.56. The van der Waals surface area contributed by atoms with Crippen LogP contribution in [0.4, 0.5) is 4.39 Å². The molecule has 1 aromatic carbocycles. The Bertz CT molecular complexity index is 279. The van der Waals surface area contributed by atoms with E-state index >= 15 is 0 Å². The molecule has 0 spiro atoms. The normalized spacial score (nSPS) is 18.8. The third-order valence-electron chi connectivity index (χ3n) is 2.56. The van der Waals surface area contributed by atoms with Crippen molar-refractivity contribution in [3.8, 4) is 0 Å². The summed E-state index contributed by atoms with van der Waals surface area (Å²) in [4.78, 5) is 0. The van der Waals surface area contributed by atoms with E-state index in [1.54, 1.807) is 6.07 Å². The lowest BCUT2D eigenvalue weighted by Crippen LogP contribution is -2.26.